The van der Waals surface area contributed by atoms with Crippen molar-refractivity contribution in [1.29, 1.82) is 0 Å². The average Bonchev–Trinajstić information content (AvgIpc) is 3.79. The average molecular weight is 711 g/mol. The summed E-state index contributed by atoms with van der Waals surface area (Å²) in [6, 6.07) is 45.4. The van der Waals surface area contributed by atoms with Gasteiger partial charge in [-0.25, -0.2) is 0 Å². The third-order valence-electron chi connectivity index (χ3n) is 10.3. The van der Waals surface area contributed by atoms with Gasteiger partial charge in [0, 0.05) is 36.3 Å². The van der Waals surface area contributed by atoms with Gasteiger partial charge in [-0.05, 0) is 93.2 Å². The summed E-state index contributed by atoms with van der Waals surface area (Å²) < 4.78 is 8.79. The second-order valence-corrected chi connectivity index (χ2v) is 14.8. The molecule has 6 aromatic carbocycles. The molecule has 1 nitrogen and oxygen atoms in total. The molecule has 0 unspecified atom stereocenters. The topological polar surface area (TPSA) is 13.1 Å². The maximum atomic E-state index is 6.18. The van der Waals surface area contributed by atoms with Crippen LogP contribution < -0.4 is 0 Å². The molecule has 0 saturated heterocycles. The van der Waals surface area contributed by atoms with E-state index in [4.69, 9.17) is 4.42 Å². The molecule has 0 bridgehead atoms. The van der Waals surface area contributed by atoms with Crippen LogP contribution in [0.15, 0.2) is 199 Å². The minimum Gasteiger partial charge on any atom is -0.456 e. The fourth-order valence-electron chi connectivity index (χ4n) is 7.58. The first-order valence-corrected chi connectivity index (χ1v) is 19.2. The molecular weight excluding hydrogens is 673 g/mol. The molecule has 0 fully saturated rings. The van der Waals surface area contributed by atoms with Crippen LogP contribution in [0.3, 0.4) is 0 Å². The van der Waals surface area contributed by atoms with Gasteiger partial charge in [0.25, 0.3) is 0 Å². The van der Waals surface area contributed by atoms with Crippen LogP contribution in [-0.4, -0.2) is 0 Å². The Hall–Kier alpha value is -6.48. The third kappa shape index (κ3) is 6.32. The Balaban J connectivity index is 1.03. The molecule has 0 aliphatic heterocycles. The zero-order valence-corrected chi connectivity index (χ0v) is 30.9. The lowest BCUT2D eigenvalue weighted by molar-refractivity contribution is 0.669. The minimum atomic E-state index is 0.931. The van der Waals surface area contributed by atoms with Gasteiger partial charge >= 0.3 is 0 Å². The Kier molecular flexibility index (Phi) is 8.96. The Labute approximate surface area is 319 Å². The zero-order chi connectivity index (χ0) is 36.4. The van der Waals surface area contributed by atoms with Crippen LogP contribution in [0.4, 0.5) is 0 Å². The highest BCUT2D eigenvalue weighted by Gasteiger charge is 2.14. The number of allylic oxidation sites excluding steroid dienone is 12. The molecule has 0 radical (unpaired) electrons. The summed E-state index contributed by atoms with van der Waals surface area (Å²) in [6.07, 6.45) is 22.5. The van der Waals surface area contributed by atoms with E-state index in [9.17, 15) is 0 Å². The second-order valence-electron chi connectivity index (χ2n) is 13.7. The predicted molar refractivity (Wildman–Crippen MR) is 238 cm³/mol. The number of furan rings is 1. The number of fused-ring (bicyclic) bond motifs is 10. The maximum absolute atomic E-state index is 6.18. The molecule has 0 amide bonds. The lowest BCUT2D eigenvalue weighted by Gasteiger charge is -2.09. The van der Waals surface area contributed by atoms with Gasteiger partial charge in [0.05, 0.1) is 0 Å². The molecule has 54 heavy (non-hydrogen) atoms. The van der Waals surface area contributed by atoms with Crippen molar-refractivity contribution in [2.75, 3.05) is 0 Å². The highest BCUT2D eigenvalue weighted by Crippen LogP contribution is 2.42. The van der Waals surface area contributed by atoms with Gasteiger partial charge in [-0.1, -0.05) is 164 Å². The van der Waals surface area contributed by atoms with Crippen molar-refractivity contribution in [2.24, 2.45) is 0 Å². The molecule has 9 rings (SSSR count). The van der Waals surface area contributed by atoms with Crippen LogP contribution in [0.25, 0.3) is 80.9 Å². The van der Waals surface area contributed by atoms with Crippen molar-refractivity contribution in [3.8, 4) is 0 Å². The van der Waals surface area contributed by atoms with E-state index in [2.05, 4.69) is 190 Å². The van der Waals surface area contributed by atoms with E-state index < -0.39 is 0 Å². The summed E-state index contributed by atoms with van der Waals surface area (Å²) in [5.41, 5.74) is 8.79. The molecule has 8 aromatic rings. The fraction of sp³-hybridized carbons (Fsp3) is 0.0385. The number of benzene rings is 5. The Morgan fingerprint density at radius 2 is 1.37 bits per heavy atom. The van der Waals surface area contributed by atoms with Gasteiger partial charge in [0.2, 0.25) is 0 Å². The lowest BCUT2D eigenvalue weighted by atomic mass is 9.95. The number of rotatable bonds is 6. The summed E-state index contributed by atoms with van der Waals surface area (Å²) in [6.45, 7) is 6.73. The van der Waals surface area contributed by atoms with E-state index in [0.29, 0.717) is 0 Å². The summed E-state index contributed by atoms with van der Waals surface area (Å²) in [7, 11) is 0. The van der Waals surface area contributed by atoms with Gasteiger partial charge in [-0.2, -0.15) is 0 Å². The first-order valence-electron chi connectivity index (χ1n) is 18.4. The molecule has 2 aromatic heterocycles. The van der Waals surface area contributed by atoms with E-state index >= 15 is 0 Å². The van der Waals surface area contributed by atoms with Crippen molar-refractivity contribution in [3.05, 3.63) is 211 Å². The number of hydrogen-bond acceptors (Lipinski definition) is 2. The van der Waals surface area contributed by atoms with Crippen LogP contribution in [-0.2, 0) is 0 Å². The molecule has 2 heterocycles. The number of thiophene rings is 1. The molecule has 0 atom stereocenters. The number of hydrogen-bond donors (Lipinski definition) is 0. The van der Waals surface area contributed by atoms with Gasteiger partial charge in [-0.3, -0.25) is 0 Å². The van der Waals surface area contributed by atoms with Crippen LogP contribution in [0.1, 0.15) is 30.0 Å². The maximum Gasteiger partial charge on any atom is 0.136 e. The van der Waals surface area contributed by atoms with Crippen molar-refractivity contribution in [3.63, 3.8) is 0 Å². The van der Waals surface area contributed by atoms with Crippen LogP contribution >= 0.6 is 11.3 Å². The van der Waals surface area contributed by atoms with Gasteiger partial charge in [0.1, 0.15) is 11.2 Å². The van der Waals surface area contributed by atoms with E-state index in [1.54, 1.807) is 0 Å². The first kappa shape index (κ1) is 33.4. The van der Waals surface area contributed by atoms with E-state index in [-0.39, 0.29) is 0 Å². The highest BCUT2D eigenvalue weighted by atomic mass is 32.1. The monoisotopic (exact) mass is 710 g/mol. The zero-order valence-electron chi connectivity index (χ0n) is 30.1. The van der Waals surface area contributed by atoms with Gasteiger partial charge in [0.15, 0.2) is 0 Å². The summed E-state index contributed by atoms with van der Waals surface area (Å²) >= 11 is 1.86. The third-order valence-corrected chi connectivity index (χ3v) is 11.5. The van der Waals surface area contributed by atoms with Crippen LogP contribution in [0, 0.1) is 0 Å². The summed E-state index contributed by atoms with van der Waals surface area (Å²) in [5.74, 6) is 0. The van der Waals surface area contributed by atoms with Crippen LogP contribution in [0.5, 0.6) is 0 Å². The molecule has 0 spiro atoms. The summed E-state index contributed by atoms with van der Waals surface area (Å²) in [5, 5.41) is 9.79. The van der Waals surface area contributed by atoms with E-state index in [0.717, 1.165) is 34.1 Å². The Morgan fingerprint density at radius 3 is 2.20 bits per heavy atom. The standard InChI is InChI=1S/C52H38OS/c1-35(39-20-8-3-4-9-21-40(42-23-13-12-22-41(39)42)36(2)26-27-37-17-6-5-7-18-37)16-10-11-19-38-28-33-50-47(34-38)45-30-29-43-44(52(45)54-50)31-32-49-51(43)46-24-14-15-25-48(46)53-49/h3-17,19-34H,1,18H2,2H3/b4-3?,8-3?,9-4?,16-10-,19-11+,20-8?,21-9?,36-26+,37-27-,39-20?,40-21?,41-39?,42-40?. The fourth-order valence-corrected chi connectivity index (χ4v) is 8.79. The van der Waals surface area contributed by atoms with Gasteiger partial charge in [-0.15, -0.1) is 11.3 Å². The normalized spacial score (nSPS) is 14.2. The molecule has 2 heteroatoms. The van der Waals surface area contributed by atoms with Crippen molar-refractivity contribution < 1.29 is 4.42 Å². The van der Waals surface area contributed by atoms with E-state index in [1.807, 2.05) is 23.5 Å². The molecule has 1 aliphatic carbocycles. The minimum absolute atomic E-state index is 0.931. The Morgan fingerprint density at radius 1 is 0.648 bits per heavy atom. The van der Waals surface area contributed by atoms with E-state index in [1.165, 1.54) is 69.4 Å². The van der Waals surface area contributed by atoms with Crippen molar-refractivity contribution in [2.45, 2.75) is 13.3 Å². The molecule has 0 saturated carbocycles. The molecular formula is C52H38OS. The highest BCUT2D eigenvalue weighted by molar-refractivity contribution is 7.26. The second kappa shape index (κ2) is 14.5. The molecule has 258 valence electrons. The Bertz CT molecular complexity index is 3040. The van der Waals surface area contributed by atoms with Crippen molar-refractivity contribution >= 4 is 92.2 Å². The van der Waals surface area contributed by atoms with Gasteiger partial charge < -0.3 is 4.42 Å². The first-order chi connectivity index (χ1) is 26.6. The predicted octanol–water partition coefficient (Wildman–Crippen LogP) is 15.5. The number of para-hydroxylation sites is 1. The smallest absolute Gasteiger partial charge is 0.136 e. The van der Waals surface area contributed by atoms with Crippen molar-refractivity contribution in [1.82, 2.24) is 0 Å². The lowest BCUT2D eigenvalue weighted by Crippen LogP contribution is -1.86. The largest absolute Gasteiger partial charge is 0.456 e. The molecule has 0 N–H and O–H groups in total. The van der Waals surface area contributed by atoms with Crippen LogP contribution in [0.2, 0.25) is 0 Å². The quantitative estimate of drug-likeness (QED) is 0.157. The molecule has 1 aliphatic rings. The SMILES string of the molecule is C=C(/C=C\C=C\c1ccc2sc3c(ccc4c3ccc3oc5ccccc5c34)c2c1)c1ccccccc(/C(C)=C/C=C2/C=CC=CC2)c2ccccc12. The summed E-state index contributed by atoms with van der Waals surface area (Å²) in [4.78, 5) is 0.